The second kappa shape index (κ2) is 6.61. The van der Waals surface area contributed by atoms with Crippen LogP contribution in [0.3, 0.4) is 0 Å². The maximum atomic E-state index is 12.5. The summed E-state index contributed by atoms with van der Waals surface area (Å²) in [6.07, 6.45) is 3.58. The number of ether oxygens (including phenoxy) is 2. The molecule has 6 heteroatoms. The van der Waals surface area contributed by atoms with E-state index >= 15 is 0 Å². The molecule has 3 heterocycles. The van der Waals surface area contributed by atoms with Gasteiger partial charge in [0.25, 0.3) is 5.91 Å². The van der Waals surface area contributed by atoms with Gasteiger partial charge in [-0.15, -0.1) is 0 Å². The van der Waals surface area contributed by atoms with Crippen molar-refractivity contribution in [3.05, 3.63) is 53.9 Å². The first-order valence-corrected chi connectivity index (χ1v) is 8.41. The van der Waals surface area contributed by atoms with Crippen LogP contribution < -0.4 is 4.74 Å². The summed E-state index contributed by atoms with van der Waals surface area (Å²) in [4.78, 5) is 17.3. The van der Waals surface area contributed by atoms with Crippen LogP contribution >= 0.6 is 0 Å². The molecule has 0 aliphatic carbocycles. The molecule has 3 atom stereocenters. The van der Waals surface area contributed by atoms with Crippen molar-refractivity contribution in [3.8, 4) is 11.8 Å². The molecule has 6 nitrogen and oxygen atoms in total. The summed E-state index contributed by atoms with van der Waals surface area (Å²) in [7, 11) is 0. The number of likely N-dealkylation sites (tertiary alicyclic amines) is 1. The van der Waals surface area contributed by atoms with E-state index in [0.29, 0.717) is 43.3 Å². The minimum atomic E-state index is 0.0472. The van der Waals surface area contributed by atoms with Crippen LogP contribution in [0.4, 0.5) is 0 Å². The van der Waals surface area contributed by atoms with Gasteiger partial charge in [0.2, 0.25) is 0 Å². The first-order chi connectivity index (χ1) is 12.2. The van der Waals surface area contributed by atoms with Crippen molar-refractivity contribution in [2.75, 3.05) is 26.3 Å². The molecule has 1 N–H and O–H groups in total. The Labute approximate surface area is 146 Å². The molecule has 0 saturated carbocycles. The molecule has 2 aliphatic heterocycles. The fraction of sp³-hybridized carbons (Fsp3) is 0.368. The van der Waals surface area contributed by atoms with Crippen LogP contribution in [-0.4, -0.2) is 48.2 Å². The standard InChI is InChI=1S/C19H19N3O3/c20-7-13-1-3-16(4-2-13)24-11-15-12-25-18-10-22(9-17(15)18)19(23)14-5-6-21-8-14/h1-6,8,15,17-18,21H,9-12H2/t15-,17-,18-/m1/s1. The van der Waals surface area contributed by atoms with Gasteiger partial charge >= 0.3 is 0 Å². The first kappa shape index (κ1) is 15.7. The Morgan fingerprint density at radius 2 is 2.16 bits per heavy atom. The fourth-order valence-corrected chi connectivity index (χ4v) is 3.60. The number of hydrogen-bond donors (Lipinski definition) is 1. The Kier molecular flexibility index (Phi) is 4.16. The Morgan fingerprint density at radius 1 is 1.32 bits per heavy atom. The molecule has 0 radical (unpaired) electrons. The van der Waals surface area contributed by atoms with Crippen LogP contribution in [0.1, 0.15) is 15.9 Å². The van der Waals surface area contributed by atoms with Crippen LogP contribution in [0.15, 0.2) is 42.7 Å². The summed E-state index contributed by atoms with van der Waals surface area (Å²) in [5, 5.41) is 8.83. The SMILES string of the molecule is N#Cc1ccc(OC[C@@H]2CO[C@@H]3CN(C(=O)c4cc[nH]c4)C[C@H]23)cc1. The van der Waals surface area contributed by atoms with E-state index in [0.717, 1.165) is 5.75 Å². The smallest absolute Gasteiger partial charge is 0.255 e. The van der Waals surface area contributed by atoms with Crippen LogP contribution in [-0.2, 0) is 4.74 Å². The lowest BCUT2D eigenvalue weighted by atomic mass is 9.94. The minimum absolute atomic E-state index is 0.0472. The Bertz CT molecular complexity index is 779. The van der Waals surface area contributed by atoms with Crippen molar-refractivity contribution < 1.29 is 14.3 Å². The van der Waals surface area contributed by atoms with Crippen molar-refractivity contribution in [3.63, 3.8) is 0 Å². The zero-order valence-electron chi connectivity index (χ0n) is 13.7. The highest BCUT2D eigenvalue weighted by Gasteiger charge is 2.45. The number of aromatic nitrogens is 1. The van der Waals surface area contributed by atoms with Gasteiger partial charge in [0.1, 0.15) is 5.75 Å². The fourth-order valence-electron chi connectivity index (χ4n) is 3.60. The third kappa shape index (κ3) is 3.11. The third-order valence-corrected chi connectivity index (χ3v) is 5.02. The molecule has 2 saturated heterocycles. The lowest BCUT2D eigenvalue weighted by Gasteiger charge is -2.20. The highest BCUT2D eigenvalue weighted by Crippen LogP contribution is 2.34. The number of amides is 1. The Hall–Kier alpha value is -2.78. The number of hydrogen-bond acceptors (Lipinski definition) is 4. The number of H-pyrrole nitrogens is 1. The van der Waals surface area contributed by atoms with Gasteiger partial charge in [-0.05, 0) is 30.3 Å². The largest absolute Gasteiger partial charge is 0.493 e. The number of fused-ring (bicyclic) bond motifs is 1. The van der Waals surface area contributed by atoms with Crippen molar-refractivity contribution in [2.45, 2.75) is 6.10 Å². The molecule has 1 amide bonds. The molecule has 0 bridgehead atoms. The Morgan fingerprint density at radius 3 is 2.88 bits per heavy atom. The van der Waals surface area contributed by atoms with Crippen LogP contribution in [0.5, 0.6) is 5.75 Å². The van der Waals surface area contributed by atoms with Crippen molar-refractivity contribution >= 4 is 5.91 Å². The van der Waals surface area contributed by atoms with Crippen LogP contribution in [0, 0.1) is 23.2 Å². The van der Waals surface area contributed by atoms with E-state index in [-0.39, 0.29) is 17.9 Å². The number of carbonyl (C=O) groups is 1. The molecule has 1 aromatic heterocycles. The number of nitrogens with zero attached hydrogens (tertiary/aromatic N) is 2. The molecule has 0 spiro atoms. The van der Waals surface area contributed by atoms with E-state index in [2.05, 4.69) is 11.1 Å². The summed E-state index contributed by atoms with van der Waals surface area (Å²) < 4.78 is 11.8. The van der Waals surface area contributed by atoms with Gasteiger partial charge in [0.05, 0.1) is 36.5 Å². The number of aromatic amines is 1. The van der Waals surface area contributed by atoms with E-state index in [1.807, 2.05) is 17.0 Å². The summed E-state index contributed by atoms with van der Waals surface area (Å²) in [6, 6.07) is 11.0. The van der Waals surface area contributed by atoms with Crippen molar-refractivity contribution in [1.29, 1.82) is 5.26 Å². The third-order valence-electron chi connectivity index (χ3n) is 5.02. The van der Waals surface area contributed by atoms with Crippen LogP contribution in [0.2, 0.25) is 0 Å². The molecule has 1 aromatic carbocycles. The lowest BCUT2D eigenvalue weighted by Crippen LogP contribution is -2.31. The molecule has 0 unspecified atom stereocenters. The highest BCUT2D eigenvalue weighted by molar-refractivity contribution is 5.94. The van der Waals surface area contributed by atoms with Gasteiger partial charge in [0.15, 0.2) is 0 Å². The Balaban J connectivity index is 1.35. The number of benzene rings is 1. The molecule has 2 fully saturated rings. The number of nitriles is 1. The quantitative estimate of drug-likeness (QED) is 0.926. The van der Waals surface area contributed by atoms with Crippen molar-refractivity contribution in [2.24, 2.45) is 11.8 Å². The predicted molar refractivity (Wildman–Crippen MR) is 90.1 cm³/mol. The summed E-state index contributed by atoms with van der Waals surface area (Å²) in [6.45, 7) is 2.56. The van der Waals surface area contributed by atoms with Gasteiger partial charge in [-0.25, -0.2) is 0 Å². The lowest BCUT2D eigenvalue weighted by molar-refractivity contribution is 0.0662. The zero-order chi connectivity index (χ0) is 17.2. The van der Waals surface area contributed by atoms with E-state index in [1.54, 1.807) is 30.6 Å². The molecule has 25 heavy (non-hydrogen) atoms. The molecule has 2 aliphatic rings. The molecular formula is C19H19N3O3. The highest BCUT2D eigenvalue weighted by atomic mass is 16.5. The molecular weight excluding hydrogens is 318 g/mol. The van der Waals surface area contributed by atoms with E-state index in [9.17, 15) is 4.79 Å². The topological polar surface area (TPSA) is 78.3 Å². The van der Waals surface area contributed by atoms with E-state index in [4.69, 9.17) is 14.7 Å². The summed E-state index contributed by atoms with van der Waals surface area (Å²) in [5.41, 5.74) is 1.30. The van der Waals surface area contributed by atoms with Gasteiger partial charge in [-0.3, -0.25) is 4.79 Å². The van der Waals surface area contributed by atoms with E-state index in [1.165, 1.54) is 0 Å². The van der Waals surface area contributed by atoms with Gasteiger partial charge in [-0.1, -0.05) is 0 Å². The van der Waals surface area contributed by atoms with E-state index < -0.39 is 0 Å². The normalized spacial score (nSPS) is 24.8. The first-order valence-electron chi connectivity index (χ1n) is 8.41. The average molecular weight is 337 g/mol. The summed E-state index contributed by atoms with van der Waals surface area (Å²) in [5.74, 6) is 1.37. The number of nitrogens with one attached hydrogen (secondary N) is 1. The van der Waals surface area contributed by atoms with Crippen molar-refractivity contribution in [1.82, 2.24) is 9.88 Å². The minimum Gasteiger partial charge on any atom is -0.493 e. The monoisotopic (exact) mass is 337 g/mol. The number of carbonyl (C=O) groups excluding carboxylic acids is 1. The zero-order valence-corrected chi connectivity index (χ0v) is 13.7. The molecule has 4 rings (SSSR count). The number of rotatable bonds is 4. The van der Waals surface area contributed by atoms with Gasteiger partial charge in [0, 0.05) is 37.3 Å². The van der Waals surface area contributed by atoms with Gasteiger partial charge in [-0.2, -0.15) is 5.26 Å². The molecule has 128 valence electrons. The second-order valence-corrected chi connectivity index (χ2v) is 6.55. The summed E-state index contributed by atoms with van der Waals surface area (Å²) >= 11 is 0. The van der Waals surface area contributed by atoms with Crippen LogP contribution in [0.25, 0.3) is 0 Å². The molecule has 2 aromatic rings. The average Bonchev–Trinajstić information content (AvgIpc) is 3.37. The maximum Gasteiger partial charge on any atom is 0.255 e. The van der Waals surface area contributed by atoms with Gasteiger partial charge < -0.3 is 19.4 Å². The second-order valence-electron chi connectivity index (χ2n) is 6.55. The predicted octanol–water partition coefficient (Wildman–Crippen LogP) is 2.05. The maximum absolute atomic E-state index is 12.5.